The number of anilines is 2. The number of hydrogen-bond donors (Lipinski definition) is 2. The van der Waals surface area contributed by atoms with Gasteiger partial charge < -0.3 is 16.0 Å². The summed E-state index contributed by atoms with van der Waals surface area (Å²) in [6, 6.07) is 0. The molecule has 1 saturated heterocycles. The van der Waals surface area contributed by atoms with Crippen LogP contribution in [0.3, 0.4) is 0 Å². The van der Waals surface area contributed by atoms with Gasteiger partial charge in [-0.25, -0.2) is 9.97 Å². The Morgan fingerprint density at radius 3 is 2.53 bits per heavy atom. The molecule has 0 atom stereocenters. The third-order valence-electron chi connectivity index (χ3n) is 3.15. The molecule has 0 aliphatic carbocycles. The van der Waals surface area contributed by atoms with E-state index in [4.69, 9.17) is 5.73 Å². The Balaban J connectivity index is 1.73. The van der Waals surface area contributed by atoms with Gasteiger partial charge in [0.1, 0.15) is 0 Å². The quantitative estimate of drug-likeness (QED) is 0.824. The van der Waals surface area contributed by atoms with E-state index in [9.17, 15) is 0 Å². The van der Waals surface area contributed by atoms with E-state index in [0.29, 0.717) is 11.6 Å². The van der Waals surface area contributed by atoms with E-state index in [1.54, 1.807) is 12.4 Å². The first-order chi connectivity index (χ1) is 8.36. The van der Waals surface area contributed by atoms with Gasteiger partial charge in [-0.2, -0.15) is 0 Å². The zero-order valence-corrected chi connectivity index (χ0v) is 10.2. The minimum atomic E-state index is 0.475. The highest BCUT2D eigenvalue weighted by atomic mass is 15.1. The van der Waals surface area contributed by atoms with Crippen molar-refractivity contribution < 1.29 is 0 Å². The molecule has 5 nitrogen and oxygen atoms in total. The van der Waals surface area contributed by atoms with Crippen molar-refractivity contribution >= 4 is 11.6 Å². The Morgan fingerprint density at radius 1 is 1.12 bits per heavy atom. The summed E-state index contributed by atoms with van der Waals surface area (Å²) < 4.78 is 0. The molecule has 94 valence electrons. The predicted molar refractivity (Wildman–Crippen MR) is 69.8 cm³/mol. The van der Waals surface area contributed by atoms with Crippen LogP contribution < -0.4 is 11.1 Å². The van der Waals surface area contributed by atoms with Crippen LogP contribution in [0.25, 0.3) is 0 Å². The lowest BCUT2D eigenvalue weighted by Crippen LogP contribution is -2.30. The maximum atomic E-state index is 5.72. The molecule has 0 unspecified atom stereocenters. The van der Waals surface area contributed by atoms with Gasteiger partial charge in [0.2, 0.25) is 0 Å². The molecule has 1 aromatic heterocycles. The van der Waals surface area contributed by atoms with Crippen molar-refractivity contribution in [2.24, 2.45) is 0 Å². The fourth-order valence-electron chi connectivity index (χ4n) is 2.18. The summed E-state index contributed by atoms with van der Waals surface area (Å²) >= 11 is 0. The monoisotopic (exact) mass is 235 g/mol. The van der Waals surface area contributed by atoms with Crippen LogP contribution in [0.1, 0.15) is 25.7 Å². The molecule has 5 heteroatoms. The predicted octanol–water partition coefficient (Wildman–Crippen LogP) is 1.35. The molecule has 0 spiro atoms. The van der Waals surface area contributed by atoms with Crippen LogP contribution in [-0.2, 0) is 0 Å². The van der Waals surface area contributed by atoms with Crippen LogP contribution in [0.15, 0.2) is 12.4 Å². The highest BCUT2D eigenvalue weighted by molar-refractivity contribution is 5.54. The van der Waals surface area contributed by atoms with Gasteiger partial charge in [0.25, 0.3) is 0 Å². The highest BCUT2D eigenvalue weighted by Gasteiger charge is 2.08. The molecule has 0 bridgehead atoms. The highest BCUT2D eigenvalue weighted by Crippen LogP contribution is 2.11. The van der Waals surface area contributed by atoms with Crippen LogP contribution >= 0.6 is 0 Å². The zero-order valence-electron chi connectivity index (χ0n) is 10.2. The summed E-state index contributed by atoms with van der Waals surface area (Å²) in [5.74, 6) is 1.17. The van der Waals surface area contributed by atoms with Crippen molar-refractivity contribution in [1.82, 2.24) is 14.9 Å². The third-order valence-corrected chi connectivity index (χ3v) is 3.15. The fourth-order valence-corrected chi connectivity index (χ4v) is 2.18. The Labute approximate surface area is 102 Å². The molecule has 0 saturated carbocycles. The SMILES string of the molecule is Nc1nccnc1NCCN1CCCCCC1. The standard InChI is InChI=1S/C12H21N5/c13-11-12(15-6-5-14-11)16-7-10-17-8-3-1-2-4-9-17/h5-6H,1-4,7-10H2,(H2,13,14)(H,15,16). The lowest BCUT2D eigenvalue weighted by molar-refractivity contribution is 0.296. The number of rotatable bonds is 4. The maximum absolute atomic E-state index is 5.72. The summed E-state index contributed by atoms with van der Waals surface area (Å²) in [6.45, 7) is 4.37. The molecule has 17 heavy (non-hydrogen) atoms. The lowest BCUT2D eigenvalue weighted by atomic mass is 10.2. The smallest absolute Gasteiger partial charge is 0.168 e. The van der Waals surface area contributed by atoms with E-state index < -0.39 is 0 Å². The second-order valence-corrected chi connectivity index (χ2v) is 4.47. The first kappa shape index (κ1) is 12.1. The van der Waals surface area contributed by atoms with Crippen molar-refractivity contribution in [3.05, 3.63) is 12.4 Å². The van der Waals surface area contributed by atoms with E-state index >= 15 is 0 Å². The van der Waals surface area contributed by atoms with Gasteiger partial charge in [-0.05, 0) is 25.9 Å². The van der Waals surface area contributed by atoms with E-state index in [2.05, 4.69) is 20.2 Å². The Hall–Kier alpha value is -1.36. The Kier molecular flexibility index (Phi) is 4.55. The molecule has 0 aromatic carbocycles. The summed E-state index contributed by atoms with van der Waals surface area (Å²) in [7, 11) is 0. The van der Waals surface area contributed by atoms with Crippen LogP contribution in [0.5, 0.6) is 0 Å². The molecule has 1 aromatic rings. The van der Waals surface area contributed by atoms with Gasteiger partial charge in [0.05, 0.1) is 0 Å². The minimum Gasteiger partial charge on any atom is -0.381 e. The molecular formula is C12H21N5. The molecule has 2 rings (SSSR count). The van der Waals surface area contributed by atoms with E-state index in [-0.39, 0.29) is 0 Å². The fraction of sp³-hybridized carbons (Fsp3) is 0.667. The average molecular weight is 235 g/mol. The Bertz CT molecular complexity index is 333. The van der Waals surface area contributed by atoms with Gasteiger partial charge in [-0.1, -0.05) is 12.8 Å². The Morgan fingerprint density at radius 2 is 1.82 bits per heavy atom. The lowest BCUT2D eigenvalue weighted by Gasteiger charge is -2.19. The molecule has 3 N–H and O–H groups in total. The van der Waals surface area contributed by atoms with Crippen molar-refractivity contribution in [2.75, 3.05) is 37.2 Å². The summed E-state index contributed by atoms with van der Waals surface area (Å²) in [5.41, 5.74) is 5.72. The number of likely N-dealkylation sites (tertiary alicyclic amines) is 1. The molecular weight excluding hydrogens is 214 g/mol. The second kappa shape index (κ2) is 6.39. The van der Waals surface area contributed by atoms with Gasteiger partial charge in [-0.15, -0.1) is 0 Å². The number of nitrogens with one attached hydrogen (secondary N) is 1. The van der Waals surface area contributed by atoms with Crippen molar-refractivity contribution in [2.45, 2.75) is 25.7 Å². The van der Waals surface area contributed by atoms with Gasteiger partial charge in [0, 0.05) is 25.5 Å². The minimum absolute atomic E-state index is 0.475. The van der Waals surface area contributed by atoms with Crippen LogP contribution in [0.4, 0.5) is 11.6 Å². The van der Waals surface area contributed by atoms with Gasteiger partial charge in [0.15, 0.2) is 11.6 Å². The second-order valence-electron chi connectivity index (χ2n) is 4.47. The molecule has 1 aliphatic rings. The van der Waals surface area contributed by atoms with Gasteiger partial charge >= 0.3 is 0 Å². The maximum Gasteiger partial charge on any atom is 0.168 e. The largest absolute Gasteiger partial charge is 0.381 e. The zero-order chi connectivity index (χ0) is 11.9. The molecule has 2 heterocycles. The summed E-state index contributed by atoms with van der Waals surface area (Å²) in [4.78, 5) is 10.7. The van der Waals surface area contributed by atoms with Crippen LogP contribution in [-0.4, -0.2) is 41.0 Å². The van der Waals surface area contributed by atoms with Crippen molar-refractivity contribution in [3.63, 3.8) is 0 Å². The third kappa shape index (κ3) is 3.85. The van der Waals surface area contributed by atoms with E-state index in [1.165, 1.54) is 38.8 Å². The van der Waals surface area contributed by atoms with Gasteiger partial charge in [-0.3, -0.25) is 0 Å². The number of nitrogen functional groups attached to an aromatic ring is 1. The number of aromatic nitrogens is 2. The molecule has 1 fully saturated rings. The normalized spacial score (nSPS) is 17.6. The van der Waals surface area contributed by atoms with Crippen LogP contribution in [0, 0.1) is 0 Å². The van der Waals surface area contributed by atoms with E-state index in [1.807, 2.05) is 0 Å². The summed E-state index contributed by atoms with van der Waals surface area (Å²) in [5, 5.41) is 3.24. The average Bonchev–Trinajstić information content (AvgIpc) is 2.60. The van der Waals surface area contributed by atoms with Crippen molar-refractivity contribution in [1.29, 1.82) is 0 Å². The topological polar surface area (TPSA) is 67.1 Å². The number of nitrogens with zero attached hydrogens (tertiary/aromatic N) is 3. The van der Waals surface area contributed by atoms with Crippen molar-refractivity contribution in [3.8, 4) is 0 Å². The van der Waals surface area contributed by atoms with Crippen LogP contribution in [0.2, 0.25) is 0 Å². The van der Waals surface area contributed by atoms with E-state index in [0.717, 1.165) is 13.1 Å². The number of nitrogens with two attached hydrogens (primary N) is 1. The molecule has 1 aliphatic heterocycles. The molecule has 0 amide bonds. The first-order valence-corrected chi connectivity index (χ1v) is 6.39. The first-order valence-electron chi connectivity index (χ1n) is 6.39. The number of hydrogen-bond acceptors (Lipinski definition) is 5. The molecule has 0 radical (unpaired) electrons. The summed E-state index contributed by atoms with van der Waals surface area (Å²) in [6.07, 6.45) is 8.67.